The molecule has 0 aromatic rings. The molecule has 0 saturated carbocycles. The second kappa shape index (κ2) is 5.08. The highest BCUT2D eigenvalue weighted by molar-refractivity contribution is 6.74. The maximum Gasteiger partial charge on any atom is 0.0712 e. The number of rotatable bonds is 3. The molecular weight excluding hydrogens is 188 g/mol. The molecule has 0 rings (SSSR count). The summed E-state index contributed by atoms with van der Waals surface area (Å²) in [6.07, 6.45) is 0. The molecule has 0 spiro atoms. The van der Waals surface area contributed by atoms with Crippen molar-refractivity contribution in [2.24, 2.45) is 4.99 Å². The predicted octanol–water partition coefficient (Wildman–Crippen LogP) is 1.79. The van der Waals surface area contributed by atoms with Gasteiger partial charge in [-0.05, 0) is 41.5 Å². The van der Waals surface area contributed by atoms with Crippen LogP contribution in [0, 0.1) is 0 Å². The minimum atomic E-state index is -0.133. The van der Waals surface area contributed by atoms with Crippen LogP contribution in [0.2, 0.25) is 6.55 Å². The number of nitrogens with zero attached hydrogens (tertiary/aromatic N) is 1. The Bertz CT molecular complexity index is 196. The van der Waals surface area contributed by atoms with Crippen molar-refractivity contribution in [1.29, 1.82) is 0 Å². The fourth-order valence-corrected chi connectivity index (χ4v) is 2.09. The van der Waals surface area contributed by atoms with Crippen molar-refractivity contribution in [3.8, 4) is 0 Å². The van der Waals surface area contributed by atoms with Crippen molar-refractivity contribution >= 4 is 14.9 Å². The molecule has 0 aliphatic rings. The van der Waals surface area contributed by atoms with Crippen LogP contribution >= 0.6 is 0 Å². The summed E-state index contributed by atoms with van der Waals surface area (Å²) in [5.74, 6) is 0. The van der Waals surface area contributed by atoms with Gasteiger partial charge in [0.15, 0.2) is 0 Å². The smallest absolute Gasteiger partial charge is 0.0712 e. The molecule has 3 heteroatoms. The van der Waals surface area contributed by atoms with E-state index in [0.717, 1.165) is 6.54 Å². The quantitative estimate of drug-likeness (QED) is 0.562. The van der Waals surface area contributed by atoms with E-state index < -0.39 is 0 Å². The third-order valence-corrected chi connectivity index (χ3v) is 2.95. The Morgan fingerprint density at radius 2 is 1.64 bits per heavy atom. The summed E-state index contributed by atoms with van der Waals surface area (Å²) in [6, 6.07) is 0. The number of hydrogen-bond donors (Lipinski definition) is 1. The van der Waals surface area contributed by atoms with Crippen LogP contribution in [0.15, 0.2) is 4.99 Å². The summed E-state index contributed by atoms with van der Waals surface area (Å²) in [7, 11) is -0.133. The van der Waals surface area contributed by atoms with Gasteiger partial charge >= 0.3 is 0 Å². The van der Waals surface area contributed by atoms with Crippen LogP contribution in [0.3, 0.4) is 0 Å². The van der Waals surface area contributed by atoms with E-state index in [4.69, 9.17) is 4.99 Å². The molecule has 84 valence electrons. The molecule has 0 fully saturated rings. The Balaban J connectivity index is 4.25. The normalized spacial score (nSPS) is 15.5. The van der Waals surface area contributed by atoms with E-state index in [2.05, 4.69) is 53.4 Å². The van der Waals surface area contributed by atoms with Crippen LogP contribution in [-0.4, -0.2) is 32.5 Å². The summed E-state index contributed by atoms with van der Waals surface area (Å²) < 4.78 is 0. The lowest BCUT2D eigenvalue weighted by Gasteiger charge is -2.22. The second-order valence-corrected chi connectivity index (χ2v) is 7.33. The average molecular weight is 214 g/mol. The third kappa shape index (κ3) is 8.45. The molecule has 0 aliphatic carbocycles. The van der Waals surface area contributed by atoms with Gasteiger partial charge in [-0.2, -0.15) is 0 Å². The standard InChI is InChI=1S/C11H26N2Si/c1-10(2,3)12-8-9(14-7)13-11(4,5)6/h12H,8,14H2,1-7H3. The van der Waals surface area contributed by atoms with Crippen LogP contribution < -0.4 is 5.32 Å². The first-order valence-electron chi connectivity index (χ1n) is 5.46. The van der Waals surface area contributed by atoms with Crippen LogP contribution in [0.4, 0.5) is 0 Å². The van der Waals surface area contributed by atoms with E-state index in [1.165, 1.54) is 5.33 Å². The van der Waals surface area contributed by atoms with Crippen molar-refractivity contribution in [1.82, 2.24) is 5.32 Å². The van der Waals surface area contributed by atoms with E-state index in [-0.39, 0.29) is 20.6 Å². The summed E-state index contributed by atoms with van der Waals surface area (Å²) in [6.45, 7) is 16.3. The van der Waals surface area contributed by atoms with E-state index in [0.29, 0.717) is 0 Å². The Morgan fingerprint density at radius 1 is 1.14 bits per heavy atom. The van der Waals surface area contributed by atoms with Gasteiger partial charge in [0.05, 0.1) is 15.1 Å². The van der Waals surface area contributed by atoms with Crippen LogP contribution in [0.5, 0.6) is 0 Å². The first-order chi connectivity index (χ1) is 6.14. The largest absolute Gasteiger partial charge is 0.307 e. The number of nitrogens with one attached hydrogen (secondary N) is 1. The molecule has 0 heterocycles. The first kappa shape index (κ1) is 13.8. The van der Waals surface area contributed by atoms with E-state index in [9.17, 15) is 0 Å². The van der Waals surface area contributed by atoms with Gasteiger partial charge in [0.2, 0.25) is 0 Å². The fraction of sp³-hybridized carbons (Fsp3) is 0.909. The fourth-order valence-electron chi connectivity index (χ4n) is 1.09. The van der Waals surface area contributed by atoms with Crippen LogP contribution in [0.25, 0.3) is 0 Å². The van der Waals surface area contributed by atoms with E-state index >= 15 is 0 Å². The highest BCUT2D eigenvalue weighted by atomic mass is 28.2. The molecule has 0 saturated heterocycles. The number of aliphatic imine (C=N–C) groups is 1. The Labute approximate surface area is 91.4 Å². The molecule has 0 aliphatic heterocycles. The van der Waals surface area contributed by atoms with E-state index in [1.807, 2.05) is 0 Å². The van der Waals surface area contributed by atoms with Crippen LogP contribution in [0.1, 0.15) is 41.5 Å². The first-order valence-corrected chi connectivity index (χ1v) is 7.59. The number of hydrogen-bond acceptors (Lipinski definition) is 2. The summed E-state index contributed by atoms with van der Waals surface area (Å²) >= 11 is 0. The van der Waals surface area contributed by atoms with Crippen molar-refractivity contribution in [2.75, 3.05) is 6.54 Å². The molecule has 0 bridgehead atoms. The lowest BCUT2D eigenvalue weighted by molar-refractivity contribution is 0.454. The van der Waals surface area contributed by atoms with Gasteiger partial charge in [0, 0.05) is 17.4 Å². The highest BCUT2D eigenvalue weighted by Gasteiger charge is 2.12. The van der Waals surface area contributed by atoms with Crippen molar-refractivity contribution in [2.45, 2.75) is 59.2 Å². The van der Waals surface area contributed by atoms with Gasteiger partial charge in [-0.3, -0.25) is 4.99 Å². The summed E-state index contributed by atoms with van der Waals surface area (Å²) in [4.78, 5) is 4.75. The molecule has 1 N–H and O–H groups in total. The molecular formula is C11H26N2Si. The van der Waals surface area contributed by atoms with Gasteiger partial charge in [-0.15, -0.1) is 0 Å². The van der Waals surface area contributed by atoms with Crippen LogP contribution in [-0.2, 0) is 0 Å². The molecule has 0 aromatic heterocycles. The van der Waals surface area contributed by atoms with Gasteiger partial charge in [-0.1, -0.05) is 6.55 Å². The average Bonchev–Trinajstić information content (AvgIpc) is 1.94. The van der Waals surface area contributed by atoms with Gasteiger partial charge < -0.3 is 5.32 Å². The third-order valence-electron chi connectivity index (χ3n) is 1.72. The molecule has 14 heavy (non-hydrogen) atoms. The van der Waals surface area contributed by atoms with Gasteiger partial charge in [0.1, 0.15) is 0 Å². The molecule has 0 atom stereocenters. The molecule has 0 unspecified atom stereocenters. The zero-order valence-electron chi connectivity index (χ0n) is 10.9. The van der Waals surface area contributed by atoms with Gasteiger partial charge in [0.25, 0.3) is 0 Å². The molecule has 2 nitrogen and oxygen atoms in total. The Morgan fingerprint density at radius 3 is 1.93 bits per heavy atom. The predicted molar refractivity (Wildman–Crippen MR) is 69.4 cm³/mol. The summed E-state index contributed by atoms with van der Waals surface area (Å²) in [5, 5.41) is 4.90. The minimum Gasteiger partial charge on any atom is -0.307 e. The molecule has 0 radical (unpaired) electrons. The monoisotopic (exact) mass is 214 g/mol. The lowest BCUT2D eigenvalue weighted by atomic mass is 10.1. The maximum atomic E-state index is 4.75. The zero-order chi connectivity index (χ0) is 11.4. The SMILES string of the molecule is C[SiH2]C(CNC(C)(C)C)=NC(C)(C)C. The van der Waals surface area contributed by atoms with Gasteiger partial charge in [-0.25, -0.2) is 0 Å². The zero-order valence-corrected chi connectivity index (χ0v) is 12.3. The Hall–Kier alpha value is -0.153. The maximum absolute atomic E-state index is 4.75. The van der Waals surface area contributed by atoms with Crippen molar-refractivity contribution in [3.05, 3.63) is 0 Å². The van der Waals surface area contributed by atoms with Crippen molar-refractivity contribution in [3.63, 3.8) is 0 Å². The van der Waals surface area contributed by atoms with Crippen molar-refractivity contribution < 1.29 is 0 Å². The Kier molecular flexibility index (Phi) is 5.02. The second-order valence-electron chi connectivity index (χ2n) is 5.81. The topological polar surface area (TPSA) is 24.4 Å². The minimum absolute atomic E-state index is 0.0813. The summed E-state index contributed by atoms with van der Waals surface area (Å²) in [5.41, 5.74) is 0.278. The highest BCUT2D eigenvalue weighted by Crippen LogP contribution is 2.06. The van der Waals surface area contributed by atoms with E-state index in [1.54, 1.807) is 0 Å². The molecule has 0 aromatic carbocycles. The molecule has 0 amide bonds. The lowest BCUT2D eigenvalue weighted by Crippen LogP contribution is -2.41.